The average molecular weight is 338 g/mol. The summed E-state index contributed by atoms with van der Waals surface area (Å²) in [5.41, 5.74) is 2.96. The van der Waals surface area contributed by atoms with E-state index < -0.39 is 0 Å². The number of pyridine rings is 1. The monoisotopic (exact) mass is 338 g/mol. The van der Waals surface area contributed by atoms with Crippen LogP contribution < -0.4 is 15.5 Å². The summed E-state index contributed by atoms with van der Waals surface area (Å²) in [5.74, 6) is -0.367. The van der Waals surface area contributed by atoms with Gasteiger partial charge in [-0.25, -0.2) is 0 Å². The van der Waals surface area contributed by atoms with E-state index in [1.807, 2.05) is 43.3 Å². The van der Waals surface area contributed by atoms with Crippen molar-refractivity contribution in [1.82, 2.24) is 10.3 Å². The average Bonchev–Trinajstić information content (AvgIpc) is 3.02. The molecule has 1 atom stereocenters. The van der Waals surface area contributed by atoms with Crippen LogP contribution in [-0.2, 0) is 9.59 Å². The molecule has 0 aliphatic carbocycles. The van der Waals surface area contributed by atoms with Crippen molar-refractivity contribution in [3.8, 4) is 0 Å². The molecule has 1 aliphatic rings. The molecule has 2 N–H and O–H groups in total. The first-order chi connectivity index (χ1) is 12.1. The van der Waals surface area contributed by atoms with Crippen molar-refractivity contribution in [2.24, 2.45) is 5.92 Å². The molecule has 0 bridgehead atoms. The molecule has 25 heavy (non-hydrogen) atoms. The Labute approximate surface area is 147 Å². The van der Waals surface area contributed by atoms with Gasteiger partial charge in [0.05, 0.1) is 5.92 Å². The van der Waals surface area contributed by atoms with Crippen molar-refractivity contribution in [1.29, 1.82) is 0 Å². The van der Waals surface area contributed by atoms with Crippen LogP contribution in [0.4, 0.5) is 11.4 Å². The largest absolute Gasteiger partial charge is 0.383 e. The van der Waals surface area contributed by atoms with Crippen molar-refractivity contribution < 1.29 is 9.59 Å². The number of rotatable bonds is 6. The Morgan fingerprint density at radius 1 is 1.16 bits per heavy atom. The second-order valence-corrected chi connectivity index (χ2v) is 6.19. The summed E-state index contributed by atoms with van der Waals surface area (Å²) in [7, 11) is 0. The minimum absolute atomic E-state index is 0.00101. The van der Waals surface area contributed by atoms with Crippen molar-refractivity contribution in [2.45, 2.75) is 13.3 Å². The van der Waals surface area contributed by atoms with Crippen LogP contribution in [0.3, 0.4) is 0 Å². The maximum atomic E-state index is 12.3. The summed E-state index contributed by atoms with van der Waals surface area (Å²) in [5, 5.41) is 6.11. The standard InChI is InChI=1S/C19H22N4O2/c1-14-2-4-17(5-3-14)23-13-15(12-18(23)24)19(25)22-11-10-21-16-6-8-20-9-7-16/h2-9,15H,10-13H2,1H3,(H,20,21)(H,22,25)/t15-/m1/s1. The fourth-order valence-electron chi connectivity index (χ4n) is 2.86. The van der Waals surface area contributed by atoms with Crippen molar-refractivity contribution in [2.75, 3.05) is 29.9 Å². The normalized spacial score (nSPS) is 16.8. The van der Waals surface area contributed by atoms with Gasteiger partial charge in [0, 0.05) is 49.8 Å². The van der Waals surface area contributed by atoms with E-state index in [0.29, 0.717) is 19.6 Å². The zero-order valence-corrected chi connectivity index (χ0v) is 14.2. The first-order valence-electron chi connectivity index (χ1n) is 8.42. The molecule has 2 aromatic rings. The summed E-state index contributed by atoms with van der Waals surface area (Å²) in [6.07, 6.45) is 3.69. The second-order valence-electron chi connectivity index (χ2n) is 6.19. The lowest BCUT2D eigenvalue weighted by Crippen LogP contribution is -2.35. The fourth-order valence-corrected chi connectivity index (χ4v) is 2.86. The van der Waals surface area contributed by atoms with Gasteiger partial charge in [-0.3, -0.25) is 14.6 Å². The van der Waals surface area contributed by atoms with Crippen LogP contribution in [-0.4, -0.2) is 36.4 Å². The maximum absolute atomic E-state index is 12.3. The third kappa shape index (κ3) is 4.35. The van der Waals surface area contributed by atoms with Gasteiger partial charge in [-0.05, 0) is 31.2 Å². The molecule has 130 valence electrons. The van der Waals surface area contributed by atoms with Gasteiger partial charge in [-0.1, -0.05) is 17.7 Å². The van der Waals surface area contributed by atoms with Crippen molar-refractivity contribution in [3.63, 3.8) is 0 Å². The molecule has 1 fully saturated rings. The highest BCUT2D eigenvalue weighted by molar-refractivity contribution is 6.00. The summed E-state index contributed by atoms with van der Waals surface area (Å²) in [6.45, 7) is 3.58. The molecule has 0 radical (unpaired) electrons. The molecule has 1 aliphatic heterocycles. The highest BCUT2D eigenvalue weighted by Crippen LogP contribution is 2.25. The lowest BCUT2D eigenvalue weighted by atomic mass is 10.1. The highest BCUT2D eigenvalue weighted by atomic mass is 16.2. The Morgan fingerprint density at radius 3 is 2.60 bits per heavy atom. The molecule has 0 spiro atoms. The van der Waals surface area contributed by atoms with Gasteiger partial charge in [-0.2, -0.15) is 0 Å². The van der Waals surface area contributed by atoms with E-state index in [2.05, 4.69) is 15.6 Å². The number of nitrogens with one attached hydrogen (secondary N) is 2. The van der Waals surface area contributed by atoms with E-state index in [1.54, 1.807) is 17.3 Å². The molecular weight excluding hydrogens is 316 g/mol. The van der Waals surface area contributed by atoms with Gasteiger partial charge in [0.1, 0.15) is 0 Å². The Hall–Kier alpha value is -2.89. The molecule has 1 saturated heterocycles. The molecule has 2 amide bonds. The minimum atomic E-state index is -0.297. The molecule has 0 unspecified atom stereocenters. The molecule has 6 nitrogen and oxygen atoms in total. The molecule has 0 saturated carbocycles. The molecule has 1 aromatic heterocycles. The number of nitrogens with zero attached hydrogens (tertiary/aromatic N) is 2. The Morgan fingerprint density at radius 2 is 1.88 bits per heavy atom. The lowest BCUT2D eigenvalue weighted by Gasteiger charge is -2.17. The van der Waals surface area contributed by atoms with E-state index in [-0.39, 0.29) is 24.2 Å². The van der Waals surface area contributed by atoms with E-state index in [4.69, 9.17) is 0 Å². The SMILES string of the molecule is Cc1ccc(N2C[C@H](C(=O)NCCNc3ccncc3)CC2=O)cc1. The third-order valence-electron chi connectivity index (χ3n) is 4.28. The molecule has 6 heteroatoms. The van der Waals surface area contributed by atoms with E-state index in [9.17, 15) is 9.59 Å². The first-order valence-corrected chi connectivity index (χ1v) is 8.42. The summed E-state index contributed by atoms with van der Waals surface area (Å²) in [4.78, 5) is 30.2. The van der Waals surface area contributed by atoms with Gasteiger partial charge in [-0.15, -0.1) is 0 Å². The van der Waals surface area contributed by atoms with Gasteiger partial charge in [0.15, 0.2) is 0 Å². The maximum Gasteiger partial charge on any atom is 0.227 e. The van der Waals surface area contributed by atoms with E-state index in [0.717, 1.165) is 16.9 Å². The predicted octanol–water partition coefficient (Wildman–Crippen LogP) is 1.97. The number of carbonyl (C=O) groups excluding carboxylic acids is 2. The van der Waals surface area contributed by atoms with Crippen LogP contribution in [0.5, 0.6) is 0 Å². The number of hydrogen-bond donors (Lipinski definition) is 2. The van der Waals surface area contributed by atoms with Gasteiger partial charge in [0.2, 0.25) is 11.8 Å². The Bertz CT molecular complexity index is 731. The Kier molecular flexibility index (Phi) is 5.28. The highest BCUT2D eigenvalue weighted by Gasteiger charge is 2.34. The van der Waals surface area contributed by atoms with E-state index in [1.165, 1.54) is 0 Å². The minimum Gasteiger partial charge on any atom is -0.383 e. The smallest absolute Gasteiger partial charge is 0.227 e. The topological polar surface area (TPSA) is 74.3 Å². The van der Waals surface area contributed by atoms with Crippen molar-refractivity contribution in [3.05, 3.63) is 54.4 Å². The Balaban J connectivity index is 1.46. The first kappa shape index (κ1) is 17.0. The quantitative estimate of drug-likeness (QED) is 0.790. The number of carbonyl (C=O) groups is 2. The second kappa shape index (κ2) is 7.79. The van der Waals surface area contributed by atoms with Crippen LogP contribution >= 0.6 is 0 Å². The third-order valence-corrected chi connectivity index (χ3v) is 4.28. The number of aryl methyl sites for hydroxylation is 1. The molecule has 3 rings (SSSR count). The number of hydrogen-bond acceptors (Lipinski definition) is 4. The fraction of sp³-hybridized carbons (Fsp3) is 0.316. The van der Waals surface area contributed by atoms with Crippen LogP contribution in [0.2, 0.25) is 0 Å². The van der Waals surface area contributed by atoms with Gasteiger partial charge in [0.25, 0.3) is 0 Å². The number of anilines is 2. The van der Waals surface area contributed by atoms with Gasteiger partial charge < -0.3 is 15.5 Å². The van der Waals surface area contributed by atoms with Crippen LogP contribution in [0.15, 0.2) is 48.8 Å². The molecule has 2 heterocycles. The van der Waals surface area contributed by atoms with Crippen LogP contribution in [0.1, 0.15) is 12.0 Å². The molecule has 1 aromatic carbocycles. The van der Waals surface area contributed by atoms with Crippen LogP contribution in [0.25, 0.3) is 0 Å². The molecular formula is C19H22N4O2. The van der Waals surface area contributed by atoms with Crippen LogP contribution in [0, 0.1) is 12.8 Å². The number of benzene rings is 1. The predicted molar refractivity (Wildman–Crippen MR) is 97.4 cm³/mol. The van der Waals surface area contributed by atoms with E-state index >= 15 is 0 Å². The van der Waals surface area contributed by atoms with Crippen molar-refractivity contribution >= 4 is 23.2 Å². The number of aromatic nitrogens is 1. The van der Waals surface area contributed by atoms with Gasteiger partial charge >= 0.3 is 0 Å². The zero-order valence-electron chi connectivity index (χ0n) is 14.2. The summed E-state index contributed by atoms with van der Waals surface area (Å²) >= 11 is 0. The summed E-state index contributed by atoms with van der Waals surface area (Å²) in [6, 6.07) is 11.5. The number of amides is 2. The zero-order chi connectivity index (χ0) is 17.6. The summed E-state index contributed by atoms with van der Waals surface area (Å²) < 4.78 is 0. The lowest BCUT2D eigenvalue weighted by molar-refractivity contribution is -0.126.